The second-order valence-electron chi connectivity index (χ2n) is 3.64. The van der Waals surface area contributed by atoms with Gasteiger partial charge >= 0.3 is 5.97 Å². The summed E-state index contributed by atoms with van der Waals surface area (Å²) >= 11 is 0. The van der Waals surface area contributed by atoms with Gasteiger partial charge in [-0.25, -0.2) is 0 Å². The van der Waals surface area contributed by atoms with Crippen LogP contribution in [0.3, 0.4) is 0 Å². The van der Waals surface area contributed by atoms with Gasteiger partial charge < -0.3 is 15.3 Å². The summed E-state index contributed by atoms with van der Waals surface area (Å²) in [5.74, 6) is -0.338. The minimum Gasteiger partial charge on any atom is -0.480 e. The molecule has 1 rings (SSSR count). The quantitative estimate of drug-likeness (QED) is 0.643. The number of amides is 1. The van der Waals surface area contributed by atoms with E-state index in [4.69, 9.17) is 5.11 Å². The van der Waals surface area contributed by atoms with Gasteiger partial charge in [-0.05, 0) is 12.3 Å². The van der Waals surface area contributed by atoms with E-state index in [0.717, 1.165) is 19.5 Å². The molecule has 1 aliphatic heterocycles. The fraction of sp³-hybridized carbons (Fsp3) is 0.778. The van der Waals surface area contributed by atoms with Crippen molar-refractivity contribution >= 4 is 11.9 Å². The van der Waals surface area contributed by atoms with Gasteiger partial charge in [0.1, 0.15) is 0 Å². The lowest BCUT2D eigenvalue weighted by Crippen LogP contribution is -2.31. The Kier molecular flexibility index (Phi) is 3.88. The third-order valence-corrected chi connectivity index (χ3v) is 2.44. The molecule has 0 spiro atoms. The van der Waals surface area contributed by atoms with E-state index in [1.807, 2.05) is 0 Å². The van der Waals surface area contributed by atoms with Crippen LogP contribution in [0.15, 0.2) is 0 Å². The summed E-state index contributed by atoms with van der Waals surface area (Å²) in [6.07, 6.45) is 0.964. The fourth-order valence-electron chi connectivity index (χ4n) is 1.67. The van der Waals surface area contributed by atoms with Crippen LogP contribution in [0, 0.1) is 5.92 Å². The molecule has 0 radical (unpaired) electrons. The van der Waals surface area contributed by atoms with E-state index in [2.05, 4.69) is 5.32 Å². The lowest BCUT2D eigenvalue weighted by atomic mass is 10.1. The van der Waals surface area contributed by atoms with Crippen LogP contribution < -0.4 is 5.32 Å². The minimum absolute atomic E-state index is 0.00340. The summed E-state index contributed by atoms with van der Waals surface area (Å²) in [6, 6.07) is 0. The van der Waals surface area contributed by atoms with Crippen molar-refractivity contribution in [3.63, 3.8) is 0 Å². The molecule has 14 heavy (non-hydrogen) atoms. The van der Waals surface area contributed by atoms with Crippen molar-refractivity contribution in [2.24, 2.45) is 5.92 Å². The SMILES string of the molecule is CC(=O)N1CCC(CNCC(=O)O)C1. The van der Waals surface area contributed by atoms with Gasteiger partial charge in [-0.2, -0.15) is 0 Å². The monoisotopic (exact) mass is 200 g/mol. The van der Waals surface area contributed by atoms with Gasteiger partial charge in [0.15, 0.2) is 0 Å². The van der Waals surface area contributed by atoms with E-state index < -0.39 is 5.97 Å². The maximum atomic E-state index is 11.0. The average molecular weight is 200 g/mol. The normalized spacial score (nSPS) is 21.2. The van der Waals surface area contributed by atoms with E-state index in [1.165, 1.54) is 0 Å². The highest BCUT2D eigenvalue weighted by atomic mass is 16.4. The lowest BCUT2D eigenvalue weighted by molar-refractivity contribution is -0.136. The second kappa shape index (κ2) is 4.95. The Labute approximate surface area is 83.1 Å². The third-order valence-electron chi connectivity index (χ3n) is 2.44. The van der Waals surface area contributed by atoms with Crippen LogP contribution in [-0.4, -0.2) is 48.1 Å². The molecule has 1 aliphatic rings. The zero-order chi connectivity index (χ0) is 10.6. The largest absolute Gasteiger partial charge is 0.480 e. The predicted molar refractivity (Wildman–Crippen MR) is 50.9 cm³/mol. The van der Waals surface area contributed by atoms with Gasteiger partial charge in [0.2, 0.25) is 5.91 Å². The van der Waals surface area contributed by atoms with Gasteiger partial charge in [0.25, 0.3) is 0 Å². The Morgan fingerprint density at radius 3 is 2.79 bits per heavy atom. The van der Waals surface area contributed by atoms with E-state index in [1.54, 1.807) is 11.8 Å². The first-order valence-electron chi connectivity index (χ1n) is 4.77. The summed E-state index contributed by atoms with van der Waals surface area (Å²) in [7, 11) is 0. The highest BCUT2D eigenvalue weighted by Gasteiger charge is 2.23. The van der Waals surface area contributed by atoms with Crippen LogP contribution in [0.5, 0.6) is 0 Å². The maximum absolute atomic E-state index is 11.0. The van der Waals surface area contributed by atoms with Gasteiger partial charge in [-0.3, -0.25) is 9.59 Å². The maximum Gasteiger partial charge on any atom is 0.317 e. The van der Waals surface area contributed by atoms with E-state index in [0.29, 0.717) is 12.5 Å². The highest BCUT2D eigenvalue weighted by molar-refractivity contribution is 5.73. The molecular weight excluding hydrogens is 184 g/mol. The van der Waals surface area contributed by atoms with E-state index in [9.17, 15) is 9.59 Å². The molecule has 1 fully saturated rings. The molecule has 5 nitrogen and oxygen atoms in total. The Hall–Kier alpha value is -1.10. The molecule has 0 aliphatic carbocycles. The molecular formula is C9H16N2O3. The molecule has 0 bridgehead atoms. The number of carboxylic acid groups (broad SMARTS) is 1. The standard InChI is InChI=1S/C9H16N2O3/c1-7(12)11-3-2-8(6-11)4-10-5-9(13)14/h8,10H,2-6H2,1H3,(H,13,14). The molecule has 0 aromatic carbocycles. The number of nitrogens with one attached hydrogen (secondary N) is 1. The molecule has 1 unspecified atom stereocenters. The Morgan fingerprint density at radius 1 is 1.57 bits per heavy atom. The fourth-order valence-corrected chi connectivity index (χ4v) is 1.67. The van der Waals surface area contributed by atoms with Crippen molar-refractivity contribution in [3.8, 4) is 0 Å². The van der Waals surface area contributed by atoms with Gasteiger partial charge in [0.05, 0.1) is 6.54 Å². The second-order valence-corrected chi connectivity index (χ2v) is 3.64. The number of aliphatic carboxylic acids is 1. The summed E-state index contributed by atoms with van der Waals surface area (Å²) in [4.78, 5) is 23.0. The highest BCUT2D eigenvalue weighted by Crippen LogP contribution is 2.14. The predicted octanol–water partition coefficient (Wildman–Crippen LogP) is -0.471. The summed E-state index contributed by atoms with van der Waals surface area (Å²) in [5.41, 5.74) is 0. The third kappa shape index (κ3) is 3.33. The van der Waals surface area contributed by atoms with Crippen molar-refractivity contribution in [2.75, 3.05) is 26.2 Å². The van der Waals surface area contributed by atoms with Crippen LogP contribution in [0.4, 0.5) is 0 Å². The van der Waals surface area contributed by atoms with Crippen LogP contribution in [0.1, 0.15) is 13.3 Å². The lowest BCUT2D eigenvalue weighted by Gasteiger charge is -2.13. The average Bonchev–Trinajstić information content (AvgIpc) is 2.52. The number of nitrogens with zero attached hydrogens (tertiary/aromatic N) is 1. The number of hydrogen-bond donors (Lipinski definition) is 2. The van der Waals surface area contributed by atoms with Crippen LogP contribution in [-0.2, 0) is 9.59 Å². The Balaban J connectivity index is 2.16. The topological polar surface area (TPSA) is 69.6 Å². The first kappa shape index (κ1) is 11.0. The summed E-state index contributed by atoms with van der Waals surface area (Å²) in [6.45, 7) is 3.79. The summed E-state index contributed by atoms with van der Waals surface area (Å²) in [5, 5.41) is 11.2. The number of carbonyl (C=O) groups is 2. The molecule has 1 saturated heterocycles. The molecule has 0 saturated carbocycles. The van der Waals surface area contributed by atoms with Crippen molar-refractivity contribution < 1.29 is 14.7 Å². The van der Waals surface area contributed by atoms with Crippen molar-refractivity contribution in [1.29, 1.82) is 0 Å². The molecule has 2 N–H and O–H groups in total. The molecule has 5 heteroatoms. The zero-order valence-corrected chi connectivity index (χ0v) is 8.32. The van der Waals surface area contributed by atoms with Crippen LogP contribution >= 0.6 is 0 Å². The number of carboxylic acids is 1. The molecule has 0 aromatic rings. The molecule has 80 valence electrons. The van der Waals surface area contributed by atoms with Gasteiger partial charge in [0, 0.05) is 26.6 Å². The number of carbonyl (C=O) groups excluding carboxylic acids is 1. The molecule has 1 amide bonds. The van der Waals surface area contributed by atoms with E-state index in [-0.39, 0.29) is 12.5 Å². The zero-order valence-electron chi connectivity index (χ0n) is 8.32. The van der Waals surface area contributed by atoms with Crippen molar-refractivity contribution in [1.82, 2.24) is 10.2 Å². The van der Waals surface area contributed by atoms with Crippen molar-refractivity contribution in [3.05, 3.63) is 0 Å². The minimum atomic E-state index is -0.841. The number of hydrogen-bond acceptors (Lipinski definition) is 3. The van der Waals surface area contributed by atoms with Crippen molar-refractivity contribution in [2.45, 2.75) is 13.3 Å². The van der Waals surface area contributed by atoms with Gasteiger partial charge in [-0.15, -0.1) is 0 Å². The molecule has 0 aromatic heterocycles. The van der Waals surface area contributed by atoms with Crippen LogP contribution in [0.2, 0.25) is 0 Å². The molecule has 1 heterocycles. The number of rotatable bonds is 4. The Bertz CT molecular complexity index is 230. The number of likely N-dealkylation sites (tertiary alicyclic amines) is 1. The summed E-state index contributed by atoms with van der Waals surface area (Å²) < 4.78 is 0. The first-order chi connectivity index (χ1) is 6.59. The molecule has 1 atom stereocenters. The smallest absolute Gasteiger partial charge is 0.317 e. The Morgan fingerprint density at radius 2 is 2.29 bits per heavy atom. The first-order valence-corrected chi connectivity index (χ1v) is 4.77. The van der Waals surface area contributed by atoms with Gasteiger partial charge in [-0.1, -0.05) is 0 Å². The van der Waals surface area contributed by atoms with Crippen LogP contribution in [0.25, 0.3) is 0 Å². The van der Waals surface area contributed by atoms with E-state index >= 15 is 0 Å².